The Morgan fingerprint density at radius 3 is 2.79 bits per heavy atom. The Kier molecular flexibility index (Phi) is 4.44. The van der Waals surface area contributed by atoms with Crippen molar-refractivity contribution in [1.82, 2.24) is 34.2 Å². The van der Waals surface area contributed by atoms with Gasteiger partial charge in [-0.05, 0) is 33.1 Å². The van der Waals surface area contributed by atoms with Gasteiger partial charge in [0.15, 0.2) is 17.0 Å². The zero-order valence-corrected chi connectivity index (χ0v) is 16.9. The summed E-state index contributed by atoms with van der Waals surface area (Å²) in [5, 5.41) is 7.90. The van der Waals surface area contributed by atoms with Gasteiger partial charge >= 0.3 is 0 Å². The van der Waals surface area contributed by atoms with Crippen molar-refractivity contribution in [3.05, 3.63) is 18.7 Å². The Balaban J connectivity index is 1.43. The van der Waals surface area contributed by atoms with Gasteiger partial charge in [0.05, 0.1) is 11.8 Å². The van der Waals surface area contributed by atoms with E-state index in [2.05, 4.69) is 38.8 Å². The van der Waals surface area contributed by atoms with Gasteiger partial charge in [0, 0.05) is 44.3 Å². The zero-order chi connectivity index (χ0) is 20.0. The second kappa shape index (κ2) is 7.13. The SMILES string of the molecule is CCn1cc(-c2nc3c(N[C@H]4CCN(C(=O)C5CC5)C4)ncnc3n2CC)cn1. The summed E-state index contributed by atoms with van der Waals surface area (Å²) >= 11 is 0. The minimum absolute atomic E-state index is 0.189. The van der Waals surface area contributed by atoms with Crippen LogP contribution in [-0.2, 0) is 17.9 Å². The fourth-order valence-electron chi connectivity index (χ4n) is 4.07. The normalized spacial score (nSPS) is 19.2. The van der Waals surface area contributed by atoms with Crippen LogP contribution in [-0.4, -0.2) is 59.2 Å². The molecule has 152 valence electrons. The minimum atomic E-state index is 0.189. The molecule has 1 aliphatic heterocycles. The van der Waals surface area contributed by atoms with Crippen molar-refractivity contribution >= 4 is 22.9 Å². The molecule has 1 N–H and O–H groups in total. The van der Waals surface area contributed by atoms with Crippen molar-refractivity contribution in [1.29, 1.82) is 0 Å². The molecule has 1 atom stereocenters. The van der Waals surface area contributed by atoms with E-state index in [1.165, 1.54) is 0 Å². The number of hydrogen-bond donors (Lipinski definition) is 1. The van der Waals surface area contributed by atoms with Crippen LogP contribution in [0.3, 0.4) is 0 Å². The number of amides is 1. The summed E-state index contributed by atoms with van der Waals surface area (Å²) in [6, 6.07) is 0.189. The number of likely N-dealkylation sites (tertiary alicyclic amines) is 1. The van der Waals surface area contributed by atoms with Gasteiger partial charge in [0.2, 0.25) is 5.91 Å². The summed E-state index contributed by atoms with van der Waals surface area (Å²) in [6.07, 6.45) is 8.45. The van der Waals surface area contributed by atoms with Gasteiger partial charge in [-0.1, -0.05) is 0 Å². The lowest BCUT2D eigenvalue weighted by Gasteiger charge is -2.17. The maximum Gasteiger partial charge on any atom is 0.225 e. The van der Waals surface area contributed by atoms with E-state index in [0.717, 1.165) is 73.8 Å². The summed E-state index contributed by atoms with van der Waals surface area (Å²) in [7, 11) is 0. The molecule has 0 spiro atoms. The van der Waals surface area contributed by atoms with Gasteiger partial charge in [0.1, 0.15) is 12.2 Å². The van der Waals surface area contributed by atoms with Crippen molar-refractivity contribution in [3.63, 3.8) is 0 Å². The number of nitrogens with zero attached hydrogens (tertiary/aromatic N) is 7. The predicted molar refractivity (Wildman–Crippen MR) is 109 cm³/mol. The highest BCUT2D eigenvalue weighted by Gasteiger charge is 2.36. The average Bonchev–Trinajstić information content (AvgIpc) is 3.15. The fraction of sp³-hybridized carbons (Fsp3) is 0.550. The minimum Gasteiger partial charge on any atom is -0.364 e. The summed E-state index contributed by atoms with van der Waals surface area (Å²) in [4.78, 5) is 28.2. The van der Waals surface area contributed by atoms with Gasteiger partial charge in [-0.3, -0.25) is 9.48 Å². The topological polar surface area (TPSA) is 93.8 Å². The number of aromatic nitrogens is 6. The molecule has 1 aliphatic carbocycles. The van der Waals surface area contributed by atoms with Crippen molar-refractivity contribution in [3.8, 4) is 11.4 Å². The Morgan fingerprint density at radius 1 is 1.21 bits per heavy atom. The largest absolute Gasteiger partial charge is 0.364 e. The van der Waals surface area contributed by atoms with E-state index in [4.69, 9.17) is 4.98 Å². The van der Waals surface area contributed by atoms with Crippen LogP contribution in [0, 0.1) is 5.92 Å². The molecule has 0 bridgehead atoms. The lowest BCUT2D eigenvalue weighted by atomic mass is 10.2. The number of aryl methyl sites for hydroxylation is 2. The molecule has 2 aliphatic rings. The second-order valence-corrected chi connectivity index (χ2v) is 7.85. The molecule has 0 aromatic carbocycles. The van der Waals surface area contributed by atoms with Crippen LogP contribution >= 0.6 is 0 Å². The molecule has 4 heterocycles. The van der Waals surface area contributed by atoms with Crippen LogP contribution in [0.15, 0.2) is 18.7 Å². The Morgan fingerprint density at radius 2 is 2.07 bits per heavy atom. The maximum atomic E-state index is 12.3. The Labute approximate surface area is 169 Å². The first-order chi connectivity index (χ1) is 14.2. The number of carbonyl (C=O) groups excluding carboxylic acids is 1. The molecular formula is C20H26N8O. The van der Waals surface area contributed by atoms with Gasteiger partial charge in [-0.2, -0.15) is 5.10 Å². The summed E-state index contributed by atoms with van der Waals surface area (Å²) < 4.78 is 3.99. The van der Waals surface area contributed by atoms with E-state index >= 15 is 0 Å². The van der Waals surface area contributed by atoms with E-state index < -0.39 is 0 Å². The van der Waals surface area contributed by atoms with E-state index in [9.17, 15) is 4.79 Å². The van der Waals surface area contributed by atoms with E-state index in [-0.39, 0.29) is 12.0 Å². The number of anilines is 1. The van der Waals surface area contributed by atoms with Crippen LogP contribution in [0.1, 0.15) is 33.1 Å². The van der Waals surface area contributed by atoms with Crippen molar-refractivity contribution < 1.29 is 4.79 Å². The van der Waals surface area contributed by atoms with Crippen LogP contribution < -0.4 is 5.32 Å². The predicted octanol–water partition coefficient (Wildman–Crippen LogP) is 2.15. The number of carbonyl (C=O) groups is 1. The molecular weight excluding hydrogens is 368 g/mol. The molecule has 9 heteroatoms. The van der Waals surface area contributed by atoms with E-state index in [0.29, 0.717) is 5.91 Å². The Hall–Kier alpha value is -2.97. The number of rotatable bonds is 6. The first kappa shape index (κ1) is 18.1. The van der Waals surface area contributed by atoms with E-state index in [1.807, 2.05) is 22.0 Å². The zero-order valence-electron chi connectivity index (χ0n) is 16.9. The summed E-state index contributed by atoms with van der Waals surface area (Å²) in [5.74, 6) is 2.17. The van der Waals surface area contributed by atoms with Crippen molar-refractivity contribution in [2.24, 2.45) is 5.92 Å². The van der Waals surface area contributed by atoms with Gasteiger partial charge in [-0.25, -0.2) is 15.0 Å². The molecule has 29 heavy (non-hydrogen) atoms. The number of fused-ring (bicyclic) bond motifs is 1. The summed E-state index contributed by atoms with van der Waals surface area (Å²) in [6.45, 7) is 7.26. The lowest BCUT2D eigenvalue weighted by Crippen LogP contribution is -2.32. The van der Waals surface area contributed by atoms with Crippen LogP contribution in [0.5, 0.6) is 0 Å². The highest BCUT2D eigenvalue weighted by atomic mass is 16.2. The quantitative estimate of drug-likeness (QED) is 0.689. The van der Waals surface area contributed by atoms with Gasteiger partial charge in [-0.15, -0.1) is 0 Å². The molecule has 1 amide bonds. The van der Waals surface area contributed by atoms with Gasteiger partial charge in [0.25, 0.3) is 0 Å². The van der Waals surface area contributed by atoms with Crippen LogP contribution in [0.25, 0.3) is 22.6 Å². The molecule has 9 nitrogen and oxygen atoms in total. The van der Waals surface area contributed by atoms with Crippen molar-refractivity contribution in [2.75, 3.05) is 18.4 Å². The standard InChI is InChI=1S/C20H26N8O/c1-3-27-10-14(9-23-27)18-25-16-17(21-12-22-19(16)28(18)4-2)24-15-7-8-26(11-15)20(29)13-5-6-13/h9-10,12-13,15H,3-8,11H2,1-2H3,(H,21,22,24)/t15-/m0/s1. The maximum absolute atomic E-state index is 12.3. The number of nitrogens with one attached hydrogen (secondary N) is 1. The van der Waals surface area contributed by atoms with Crippen molar-refractivity contribution in [2.45, 2.75) is 52.2 Å². The average molecular weight is 394 g/mol. The first-order valence-corrected chi connectivity index (χ1v) is 10.5. The molecule has 0 radical (unpaired) electrons. The smallest absolute Gasteiger partial charge is 0.225 e. The number of hydrogen-bond acceptors (Lipinski definition) is 6. The molecule has 0 unspecified atom stereocenters. The monoisotopic (exact) mass is 394 g/mol. The molecule has 1 saturated heterocycles. The molecule has 5 rings (SSSR count). The fourth-order valence-corrected chi connectivity index (χ4v) is 4.07. The van der Waals surface area contributed by atoms with Crippen LogP contribution in [0.2, 0.25) is 0 Å². The van der Waals surface area contributed by atoms with E-state index in [1.54, 1.807) is 6.33 Å². The molecule has 3 aromatic heterocycles. The number of imidazole rings is 1. The third-order valence-corrected chi connectivity index (χ3v) is 5.83. The third-order valence-electron chi connectivity index (χ3n) is 5.83. The molecule has 3 aromatic rings. The summed E-state index contributed by atoms with van der Waals surface area (Å²) in [5.41, 5.74) is 2.55. The van der Waals surface area contributed by atoms with Crippen LogP contribution in [0.4, 0.5) is 5.82 Å². The third kappa shape index (κ3) is 3.24. The molecule has 2 fully saturated rings. The first-order valence-electron chi connectivity index (χ1n) is 10.5. The highest BCUT2D eigenvalue weighted by molar-refractivity contribution is 5.86. The second-order valence-electron chi connectivity index (χ2n) is 7.85. The Bertz CT molecular complexity index is 1050. The van der Waals surface area contributed by atoms with Gasteiger partial charge < -0.3 is 14.8 Å². The lowest BCUT2D eigenvalue weighted by molar-refractivity contribution is -0.131. The molecule has 1 saturated carbocycles. The highest BCUT2D eigenvalue weighted by Crippen LogP contribution is 2.33.